The second kappa shape index (κ2) is 9.41. The van der Waals surface area contributed by atoms with Crippen molar-refractivity contribution < 1.29 is 17.9 Å². The van der Waals surface area contributed by atoms with Crippen molar-refractivity contribution in [2.24, 2.45) is 0 Å². The van der Waals surface area contributed by atoms with E-state index >= 15 is 0 Å². The van der Waals surface area contributed by atoms with Crippen LogP contribution in [0, 0.1) is 6.92 Å². The molecule has 7 heteroatoms. The zero-order valence-electron chi connectivity index (χ0n) is 17.0. The first-order chi connectivity index (χ1) is 13.9. The molecule has 2 aromatic carbocycles. The molecule has 0 bridgehead atoms. The summed E-state index contributed by atoms with van der Waals surface area (Å²) in [7, 11) is -3.56. The third-order valence-electron chi connectivity index (χ3n) is 5.08. The molecule has 1 aliphatic heterocycles. The van der Waals surface area contributed by atoms with Crippen LogP contribution in [-0.4, -0.2) is 38.3 Å². The Morgan fingerprint density at radius 3 is 2.52 bits per heavy atom. The summed E-state index contributed by atoms with van der Waals surface area (Å²) in [6, 6.07) is 12.1. The number of sulfonamides is 1. The molecule has 1 aliphatic rings. The molecule has 3 rings (SSSR count). The summed E-state index contributed by atoms with van der Waals surface area (Å²) >= 11 is 0. The van der Waals surface area contributed by atoms with E-state index in [1.165, 1.54) is 0 Å². The number of ether oxygens (including phenoxy) is 1. The second-order valence-corrected chi connectivity index (χ2v) is 9.07. The highest BCUT2D eigenvalue weighted by Crippen LogP contribution is 2.24. The van der Waals surface area contributed by atoms with Crippen molar-refractivity contribution in [3.8, 4) is 5.75 Å². The molecule has 1 heterocycles. The van der Waals surface area contributed by atoms with Crippen LogP contribution < -0.4 is 10.1 Å². The zero-order chi connectivity index (χ0) is 20.9. The van der Waals surface area contributed by atoms with E-state index in [1.54, 1.807) is 46.8 Å². The number of carbonyl (C=O) groups excluding carboxylic acids is 1. The summed E-state index contributed by atoms with van der Waals surface area (Å²) < 4.78 is 33.2. The summed E-state index contributed by atoms with van der Waals surface area (Å²) in [5.74, 6) is 0.503. The van der Waals surface area contributed by atoms with E-state index in [0.717, 1.165) is 30.6 Å². The van der Waals surface area contributed by atoms with Gasteiger partial charge in [0.25, 0.3) is 5.91 Å². The first-order valence-electron chi connectivity index (χ1n) is 10.0. The third-order valence-corrected chi connectivity index (χ3v) is 7.08. The zero-order valence-corrected chi connectivity index (χ0v) is 17.8. The summed E-state index contributed by atoms with van der Waals surface area (Å²) in [5.41, 5.74) is 1.99. The normalized spacial score (nSPS) is 15.1. The van der Waals surface area contributed by atoms with Crippen LogP contribution in [-0.2, 0) is 16.6 Å². The van der Waals surface area contributed by atoms with Crippen LogP contribution in [0.5, 0.6) is 5.75 Å². The van der Waals surface area contributed by atoms with Crippen LogP contribution in [0.2, 0.25) is 0 Å². The number of hydrogen-bond donors (Lipinski definition) is 1. The van der Waals surface area contributed by atoms with Gasteiger partial charge in [-0.05, 0) is 62.1 Å². The molecule has 156 valence electrons. The minimum Gasteiger partial charge on any atom is -0.494 e. The van der Waals surface area contributed by atoms with Gasteiger partial charge in [-0.15, -0.1) is 0 Å². The van der Waals surface area contributed by atoms with Gasteiger partial charge in [-0.1, -0.05) is 24.6 Å². The number of nitrogens with one attached hydrogen (secondary N) is 1. The Morgan fingerprint density at radius 1 is 1.10 bits per heavy atom. The van der Waals surface area contributed by atoms with Crippen molar-refractivity contribution in [1.29, 1.82) is 0 Å². The minimum absolute atomic E-state index is 0.147. The number of rotatable bonds is 7. The lowest BCUT2D eigenvalue weighted by molar-refractivity contribution is 0.0950. The molecule has 1 saturated heterocycles. The summed E-state index contributed by atoms with van der Waals surface area (Å²) in [6.07, 6.45) is 2.83. The lowest BCUT2D eigenvalue weighted by atomic mass is 10.1. The molecule has 0 saturated carbocycles. The van der Waals surface area contributed by atoms with E-state index in [1.807, 2.05) is 13.8 Å². The first kappa shape index (κ1) is 21.3. The number of nitrogens with zero attached hydrogens (tertiary/aromatic N) is 1. The molecular weight excluding hydrogens is 388 g/mol. The largest absolute Gasteiger partial charge is 0.494 e. The molecule has 1 fully saturated rings. The van der Waals surface area contributed by atoms with Crippen LogP contribution >= 0.6 is 0 Å². The number of piperidine rings is 1. The fourth-order valence-corrected chi connectivity index (χ4v) is 5.27. The van der Waals surface area contributed by atoms with Crippen molar-refractivity contribution in [2.75, 3.05) is 19.7 Å². The SMILES string of the molecule is CCOc1ccc(C(=O)NCc2ccccc2S(=O)(=O)N2CCCCC2)cc1C. The first-order valence-corrected chi connectivity index (χ1v) is 11.5. The predicted molar refractivity (Wildman–Crippen MR) is 113 cm³/mol. The maximum Gasteiger partial charge on any atom is 0.251 e. The lowest BCUT2D eigenvalue weighted by Gasteiger charge is -2.26. The van der Waals surface area contributed by atoms with Crippen molar-refractivity contribution in [3.05, 3.63) is 59.2 Å². The molecule has 29 heavy (non-hydrogen) atoms. The van der Waals surface area contributed by atoms with Gasteiger partial charge in [-0.25, -0.2) is 8.42 Å². The highest BCUT2D eigenvalue weighted by molar-refractivity contribution is 7.89. The molecule has 0 atom stereocenters. The number of hydrogen-bond acceptors (Lipinski definition) is 4. The maximum atomic E-state index is 13.1. The fourth-order valence-electron chi connectivity index (χ4n) is 3.53. The van der Waals surface area contributed by atoms with E-state index in [-0.39, 0.29) is 17.3 Å². The second-order valence-electron chi connectivity index (χ2n) is 7.17. The van der Waals surface area contributed by atoms with Gasteiger partial charge >= 0.3 is 0 Å². The van der Waals surface area contributed by atoms with Crippen LogP contribution in [0.25, 0.3) is 0 Å². The fraction of sp³-hybridized carbons (Fsp3) is 0.409. The number of amides is 1. The van der Waals surface area contributed by atoms with Crippen LogP contribution in [0.3, 0.4) is 0 Å². The van der Waals surface area contributed by atoms with Gasteiger partial charge in [-0.2, -0.15) is 4.31 Å². The molecular formula is C22H28N2O4S. The van der Waals surface area contributed by atoms with Crippen LogP contribution in [0.1, 0.15) is 47.7 Å². The Bertz CT molecular complexity index is 967. The van der Waals surface area contributed by atoms with Gasteiger partial charge in [0.1, 0.15) is 5.75 Å². The van der Waals surface area contributed by atoms with E-state index in [4.69, 9.17) is 4.74 Å². The predicted octanol–water partition coefficient (Wildman–Crippen LogP) is 3.50. The summed E-state index contributed by atoms with van der Waals surface area (Å²) in [6.45, 7) is 5.61. The van der Waals surface area contributed by atoms with Crippen LogP contribution in [0.15, 0.2) is 47.4 Å². The Balaban J connectivity index is 1.74. The number of carbonyl (C=O) groups is 1. The van der Waals surface area contributed by atoms with Crippen molar-refractivity contribution in [2.45, 2.75) is 44.6 Å². The van der Waals surface area contributed by atoms with E-state index in [9.17, 15) is 13.2 Å². The molecule has 0 aliphatic carbocycles. The third kappa shape index (κ3) is 4.97. The number of benzene rings is 2. The molecule has 0 radical (unpaired) electrons. The van der Waals surface area contributed by atoms with E-state index < -0.39 is 10.0 Å². The molecule has 0 aromatic heterocycles. The monoisotopic (exact) mass is 416 g/mol. The highest BCUT2D eigenvalue weighted by atomic mass is 32.2. The van der Waals surface area contributed by atoms with E-state index in [0.29, 0.717) is 30.8 Å². The van der Waals surface area contributed by atoms with Gasteiger partial charge in [0.15, 0.2) is 0 Å². The van der Waals surface area contributed by atoms with Gasteiger partial charge < -0.3 is 10.1 Å². The summed E-state index contributed by atoms with van der Waals surface area (Å²) in [5, 5.41) is 2.85. The quantitative estimate of drug-likeness (QED) is 0.750. The Labute approximate surface area is 172 Å². The average molecular weight is 417 g/mol. The minimum atomic E-state index is -3.56. The molecule has 0 unspecified atom stereocenters. The highest BCUT2D eigenvalue weighted by Gasteiger charge is 2.27. The van der Waals surface area contributed by atoms with E-state index in [2.05, 4.69) is 5.32 Å². The molecule has 6 nitrogen and oxygen atoms in total. The van der Waals surface area contributed by atoms with Gasteiger partial charge in [0, 0.05) is 25.2 Å². The molecule has 1 amide bonds. The van der Waals surface area contributed by atoms with Crippen molar-refractivity contribution in [1.82, 2.24) is 9.62 Å². The molecule has 1 N–H and O–H groups in total. The van der Waals surface area contributed by atoms with Gasteiger partial charge in [0.2, 0.25) is 10.0 Å². The topological polar surface area (TPSA) is 75.7 Å². The Morgan fingerprint density at radius 2 is 1.83 bits per heavy atom. The standard InChI is InChI=1S/C22H28N2O4S/c1-3-28-20-12-11-18(15-17(20)2)22(25)23-16-19-9-5-6-10-21(19)29(26,27)24-13-7-4-8-14-24/h5-6,9-12,15H,3-4,7-8,13-14,16H2,1-2H3,(H,23,25). The van der Waals surface area contributed by atoms with Gasteiger partial charge in [-0.3, -0.25) is 4.79 Å². The number of aryl methyl sites for hydroxylation is 1. The van der Waals surface area contributed by atoms with Crippen molar-refractivity contribution >= 4 is 15.9 Å². The molecule has 2 aromatic rings. The van der Waals surface area contributed by atoms with Gasteiger partial charge in [0.05, 0.1) is 11.5 Å². The maximum absolute atomic E-state index is 13.1. The Hall–Kier alpha value is -2.38. The van der Waals surface area contributed by atoms with Crippen LogP contribution in [0.4, 0.5) is 0 Å². The lowest BCUT2D eigenvalue weighted by Crippen LogP contribution is -2.36. The Kier molecular flexibility index (Phi) is 6.92. The average Bonchev–Trinajstić information content (AvgIpc) is 2.74. The van der Waals surface area contributed by atoms with Crippen molar-refractivity contribution in [3.63, 3.8) is 0 Å². The smallest absolute Gasteiger partial charge is 0.251 e. The summed E-state index contributed by atoms with van der Waals surface area (Å²) in [4.78, 5) is 12.9. The molecule has 0 spiro atoms.